The molecule has 19 heavy (non-hydrogen) atoms. The zero-order valence-corrected chi connectivity index (χ0v) is 10.6. The molecular formula is C11H8ClF3N2O2. The van der Waals surface area contributed by atoms with Crippen LogP contribution in [0.2, 0.25) is 5.15 Å². The van der Waals surface area contributed by atoms with Crippen LogP contribution in [0.4, 0.5) is 13.2 Å². The van der Waals surface area contributed by atoms with Crippen LogP contribution >= 0.6 is 11.6 Å². The Kier molecular flexibility index (Phi) is 3.40. The molecule has 0 saturated heterocycles. The van der Waals surface area contributed by atoms with E-state index in [1.54, 1.807) is 0 Å². The predicted octanol–water partition coefficient (Wildman–Crippen LogP) is 3.32. The lowest BCUT2D eigenvalue weighted by Crippen LogP contribution is -2.11. The molecule has 0 bridgehead atoms. The fourth-order valence-electron chi connectivity index (χ4n) is 1.54. The van der Waals surface area contributed by atoms with Crippen molar-refractivity contribution in [3.8, 4) is 11.5 Å². The summed E-state index contributed by atoms with van der Waals surface area (Å²) in [6, 6.07) is 2.87. The van der Waals surface area contributed by atoms with Crippen molar-refractivity contribution in [1.82, 2.24) is 9.97 Å². The second-order valence-electron chi connectivity index (χ2n) is 3.56. The van der Waals surface area contributed by atoms with Crippen LogP contribution in [0.1, 0.15) is 5.82 Å². The first-order valence-electron chi connectivity index (χ1n) is 5.03. The number of benzene rings is 1. The number of hydrogen-bond acceptors (Lipinski definition) is 4. The van der Waals surface area contributed by atoms with Crippen molar-refractivity contribution in [1.29, 1.82) is 0 Å². The second kappa shape index (κ2) is 4.73. The Bertz CT molecular complexity index is 631. The van der Waals surface area contributed by atoms with Crippen LogP contribution < -0.4 is 9.47 Å². The minimum atomic E-state index is -4.68. The first kappa shape index (κ1) is 13.7. The SMILES string of the molecule is COc1cc(OC)c2nc(C(F)(F)F)nc(Cl)c2c1. The van der Waals surface area contributed by atoms with Gasteiger partial charge in [-0.3, -0.25) is 0 Å². The van der Waals surface area contributed by atoms with Gasteiger partial charge in [0.25, 0.3) is 0 Å². The smallest absolute Gasteiger partial charge is 0.451 e. The second-order valence-corrected chi connectivity index (χ2v) is 3.92. The molecule has 0 aliphatic rings. The summed E-state index contributed by atoms with van der Waals surface area (Å²) in [6.07, 6.45) is -4.68. The number of methoxy groups -OCH3 is 2. The molecule has 0 fully saturated rings. The van der Waals surface area contributed by atoms with Gasteiger partial charge in [-0.05, 0) is 6.07 Å². The first-order valence-corrected chi connectivity index (χ1v) is 5.41. The topological polar surface area (TPSA) is 44.2 Å². The van der Waals surface area contributed by atoms with Crippen LogP contribution in [0.5, 0.6) is 11.5 Å². The molecule has 0 N–H and O–H groups in total. The number of hydrogen-bond donors (Lipinski definition) is 0. The van der Waals surface area contributed by atoms with E-state index in [1.165, 1.54) is 26.4 Å². The molecule has 102 valence electrons. The number of ether oxygens (including phenoxy) is 2. The monoisotopic (exact) mass is 292 g/mol. The van der Waals surface area contributed by atoms with Crippen molar-refractivity contribution >= 4 is 22.5 Å². The predicted molar refractivity (Wildman–Crippen MR) is 62.7 cm³/mol. The Morgan fingerprint density at radius 2 is 1.79 bits per heavy atom. The zero-order chi connectivity index (χ0) is 14.2. The number of nitrogens with zero attached hydrogens (tertiary/aromatic N) is 2. The molecule has 0 unspecified atom stereocenters. The number of halogens is 4. The summed E-state index contributed by atoms with van der Waals surface area (Å²) in [5.74, 6) is -0.799. The molecule has 1 heterocycles. The lowest BCUT2D eigenvalue weighted by atomic mass is 10.2. The van der Waals surface area contributed by atoms with E-state index < -0.39 is 12.0 Å². The Morgan fingerprint density at radius 3 is 2.32 bits per heavy atom. The van der Waals surface area contributed by atoms with Gasteiger partial charge in [-0.15, -0.1) is 0 Å². The maximum absolute atomic E-state index is 12.6. The quantitative estimate of drug-likeness (QED) is 0.797. The lowest BCUT2D eigenvalue weighted by molar-refractivity contribution is -0.144. The molecule has 1 aromatic heterocycles. The van der Waals surface area contributed by atoms with E-state index in [0.29, 0.717) is 5.75 Å². The van der Waals surface area contributed by atoms with E-state index >= 15 is 0 Å². The van der Waals surface area contributed by atoms with Gasteiger partial charge >= 0.3 is 6.18 Å². The number of fused-ring (bicyclic) bond motifs is 1. The largest absolute Gasteiger partial charge is 0.497 e. The van der Waals surface area contributed by atoms with Crippen molar-refractivity contribution < 1.29 is 22.6 Å². The number of rotatable bonds is 2. The Morgan fingerprint density at radius 1 is 1.11 bits per heavy atom. The van der Waals surface area contributed by atoms with Gasteiger partial charge in [-0.2, -0.15) is 13.2 Å². The fourth-order valence-corrected chi connectivity index (χ4v) is 1.76. The average molecular weight is 293 g/mol. The van der Waals surface area contributed by atoms with Gasteiger partial charge in [0.2, 0.25) is 5.82 Å². The van der Waals surface area contributed by atoms with Crippen LogP contribution in [0.15, 0.2) is 12.1 Å². The molecular weight excluding hydrogens is 285 g/mol. The molecule has 0 aliphatic carbocycles. The highest BCUT2D eigenvalue weighted by atomic mass is 35.5. The number of alkyl halides is 3. The molecule has 0 aliphatic heterocycles. The highest BCUT2D eigenvalue weighted by Crippen LogP contribution is 2.36. The summed E-state index contributed by atoms with van der Waals surface area (Å²) in [5.41, 5.74) is -0.0179. The Labute approximate surface area is 111 Å². The Hall–Kier alpha value is -1.76. The van der Waals surface area contributed by atoms with E-state index in [4.69, 9.17) is 21.1 Å². The maximum Gasteiger partial charge on any atom is 0.451 e. The van der Waals surface area contributed by atoms with Crippen molar-refractivity contribution in [2.75, 3.05) is 14.2 Å². The minimum absolute atomic E-state index is 0.0179. The zero-order valence-electron chi connectivity index (χ0n) is 9.88. The van der Waals surface area contributed by atoms with E-state index in [2.05, 4.69) is 9.97 Å². The van der Waals surface area contributed by atoms with Crippen LogP contribution in [0, 0.1) is 0 Å². The summed E-state index contributed by atoms with van der Waals surface area (Å²) in [7, 11) is 2.73. The van der Waals surface area contributed by atoms with E-state index in [9.17, 15) is 13.2 Å². The number of aromatic nitrogens is 2. The molecule has 4 nitrogen and oxygen atoms in total. The summed E-state index contributed by atoms with van der Waals surface area (Å²) in [5, 5.41) is -0.0830. The van der Waals surface area contributed by atoms with Crippen LogP contribution in [0.25, 0.3) is 10.9 Å². The molecule has 0 saturated carbocycles. The van der Waals surface area contributed by atoms with Gasteiger partial charge in [0.05, 0.1) is 14.2 Å². The van der Waals surface area contributed by atoms with Gasteiger partial charge in [0.15, 0.2) is 0 Å². The van der Waals surface area contributed by atoms with E-state index in [-0.39, 0.29) is 21.8 Å². The molecule has 8 heteroatoms. The van der Waals surface area contributed by atoms with Gasteiger partial charge in [-0.25, -0.2) is 9.97 Å². The normalized spacial score (nSPS) is 11.7. The average Bonchev–Trinajstić information content (AvgIpc) is 2.36. The maximum atomic E-state index is 12.6. The molecule has 0 radical (unpaired) electrons. The summed E-state index contributed by atoms with van der Waals surface area (Å²) >= 11 is 5.76. The van der Waals surface area contributed by atoms with Gasteiger partial charge in [0.1, 0.15) is 22.2 Å². The van der Waals surface area contributed by atoms with Crippen molar-refractivity contribution in [3.63, 3.8) is 0 Å². The van der Waals surface area contributed by atoms with Crippen molar-refractivity contribution in [2.24, 2.45) is 0 Å². The van der Waals surface area contributed by atoms with Gasteiger partial charge in [-0.1, -0.05) is 11.6 Å². The van der Waals surface area contributed by atoms with E-state index in [0.717, 1.165) is 0 Å². The molecule has 2 rings (SSSR count). The molecule has 0 amide bonds. The third-order valence-corrected chi connectivity index (χ3v) is 2.69. The van der Waals surface area contributed by atoms with Gasteiger partial charge < -0.3 is 9.47 Å². The standard InChI is InChI=1S/C11H8ClF3N2O2/c1-18-5-3-6-8(7(4-5)19-2)16-10(11(13,14)15)17-9(6)12/h3-4H,1-2H3. The van der Waals surface area contributed by atoms with Crippen LogP contribution in [0.3, 0.4) is 0 Å². The van der Waals surface area contributed by atoms with Crippen LogP contribution in [-0.2, 0) is 6.18 Å². The fraction of sp³-hybridized carbons (Fsp3) is 0.273. The summed E-state index contributed by atoms with van der Waals surface area (Å²) in [6.45, 7) is 0. The minimum Gasteiger partial charge on any atom is -0.497 e. The molecule has 2 aromatic rings. The Balaban J connectivity index is 2.80. The lowest BCUT2D eigenvalue weighted by Gasteiger charge is -2.11. The summed E-state index contributed by atoms with van der Waals surface area (Å²) < 4.78 is 47.9. The summed E-state index contributed by atoms with van der Waals surface area (Å²) in [4.78, 5) is 6.69. The molecule has 0 atom stereocenters. The molecule has 0 spiro atoms. The van der Waals surface area contributed by atoms with Crippen LogP contribution in [-0.4, -0.2) is 24.2 Å². The highest BCUT2D eigenvalue weighted by Gasteiger charge is 2.35. The molecule has 1 aromatic carbocycles. The first-order chi connectivity index (χ1) is 8.86. The van der Waals surface area contributed by atoms with Gasteiger partial charge in [0, 0.05) is 11.5 Å². The van der Waals surface area contributed by atoms with Crippen molar-refractivity contribution in [3.05, 3.63) is 23.1 Å². The highest BCUT2D eigenvalue weighted by molar-refractivity contribution is 6.34. The third-order valence-electron chi connectivity index (χ3n) is 2.40. The third kappa shape index (κ3) is 2.51. The van der Waals surface area contributed by atoms with Crippen molar-refractivity contribution in [2.45, 2.75) is 6.18 Å². The van der Waals surface area contributed by atoms with E-state index in [1.807, 2.05) is 0 Å².